The maximum atomic E-state index is 13.2. The SMILES string of the molecule is CN(C(=O)C(=O)Nc1ccc(C(=O)N2CCOCC2)c(Cl)c1)[C@H]1CC[C@@H](c2ccc(Cl)c(Cl)c2)c2ccccc21. The molecule has 0 radical (unpaired) electrons. The second kappa shape index (κ2) is 12.2. The number of anilines is 1. The lowest BCUT2D eigenvalue weighted by Gasteiger charge is -2.36. The van der Waals surface area contributed by atoms with E-state index in [9.17, 15) is 14.4 Å². The second-order valence-electron chi connectivity index (χ2n) is 9.92. The predicted molar refractivity (Wildman–Crippen MR) is 156 cm³/mol. The van der Waals surface area contributed by atoms with Crippen LogP contribution in [0.3, 0.4) is 0 Å². The Labute approximate surface area is 247 Å². The number of hydrogen-bond donors (Lipinski definition) is 1. The summed E-state index contributed by atoms with van der Waals surface area (Å²) in [6.07, 6.45) is 1.44. The molecule has 1 aliphatic carbocycles. The third kappa shape index (κ3) is 5.84. The maximum Gasteiger partial charge on any atom is 0.313 e. The van der Waals surface area contributed by atoms with E-state index in [1.54, 1.807) is 30.1 Å². The highest BCUT2D eigenvalue weighted by atomic mass is 35.5. The van der Waals surface area contributed by atoms with Crippen LogP contribution in [0.5, 0.6) is 0 Å². The summed E-state index contributed by atoms with van der Waals surface area (Å²) in [7, 11) is 1.64. The van der Waals surface area contributed by atoms with Crippen LogP contribution in [0.4, 0.5) is 5.69 Å². The van der Waals surface area contributed by atoms with Gasteiger partial charge in [0.25, 0.3) is 5.91 Å². The molecule has 40 heavy (non-hydrogen) atoms. The molecule has 0 saturated carbocycles. The largest absolute Gasteiger partial charge is 0.378 e. The van der Waals surface area contributed by atoms with E-state index in [1.165, 1.54) is 11.0 Å². The van der Waals surface area contributed by atoms with E-state index in [1.807, 2.05) is 30.3 Å². The number of ether oxygens (including phenoxy) is 1. The number of rotatable bonds is 4. The zero-order chi connectivity index (χ0) is 28.4. The van der Waals surface area contributed by atoms with Crippen molar-refractivity contribution >= 4 is 58.2 Å². The van der Waals surface area contributed by atoms with Gasteiger partial charge in [0.05, 0.1) is 39.9 Å². The Morgan fingerprint density at radius 1 is 0.875 bits per heavy atom. The van der Waals surface area contributed by atoms with Crippen LogP contribution in [0.25, 0.3) is 0 Å². The molecule has 10 heteroatoms. The number of carbonyl (C=O) groups is 3. The molecule has 3 amide bonds. The van der Waals surface area contributed by atoms with Gasteiger partial charge in [0.2, 0.25) is 0 Å². The van der Waals surface area contributed by atoms with Crippen molar-refractivity contribution in [3.8, 4) is 0 Å². The van der Waals surface area contributed by atoms with E-state index in [0.29, 0.717) is 54.0 Å². The predicted octanol–water partition coefficient (Wildman–Crippen LogP) is 6.18. The summed E-state index contributed by atoms with van der Waals surface area (Å²) in [6, 6.07) is 18.0. The summed E-state index contributed by atoms with van der Waals surface area (Å²) in [5.41, 5.74) is 3.80. The van der Waals surface area contributed by atoms with Crippen molar-refractivity contribution in [2.24, 2.45) is 0 Å². The van der Waals surface area contributed by atoms with E-state index in [2.05, 4.69) is 11.4 Å². The van der Waals surface area contributed by atoms with E-state index in [0.717, 1.165) is 23.1 Å². The molecular formula is C30H28Cl3N3O4. The molecule has 7 nitrogen and oxygen atoms in total. The van der Waals surface area contributed by atoms with Gasteiger partial charge in [0, 0.05) is 31.7 Å². The average molecular weight is 601 g/mol. The van der Waals surface area contributed by atoms with Crippen LogP contribution >= 0.6 is 34.8 Å². The summed E-state index contributed by atoms with van der Waals surface area (Å²) in [5, 5.41) is 3.83. The number of fused-ring (bicyclic) bond motifs is 1. The Morgan fingerprint density at radius 3 is 2.30 bits per heavy atom. The lowest BCUT2D eigenvalue weighted by molar-refractivity contribution is -0.144. The molecule has 1 heterocycles. The standard InChI is InChI=1S/C30H28Cl3N3O4/c1-35(27-11-9-20(21-4-2-3-5-22(21)27)18-6-10-24(31)26(33)16-18)30(39)28(37)34-19-7-8-23(25(32)17-19)29(38)36-12-14-40-15-13-36/h2-8,10,16-17,20,27H,9,11-15H2,1H3,(H,34,37)/t20-,27-/m0/s1. The first-order valence-corrected chi connectivity index (χ1v) is 14.2. The molecule has 0 aromatic heterocycles. The summed E-state index contributed by atoms with van der Waals surface area (Å²) in [6.45, 7) is 1.95. The topological polar surface area (TPSA) is 79.0 Å². The van der Waals surface area contributed by atoms with Gasteiger partial charge in [-0.3, -0.25) is 14.4 Å². The van der Waals surface area contributed by atoms with E-state index < -0.39 is 11.8 Å². The highest BCUT2D eigenvalue weighted by molar-refractivity contribution is 6.42. The summed E-state index contributed by atoms with van der Waals surface area (Å²) >= 11 is 18.8. The number of benzene rings is 3. The minimum Gasteiger partial charge on any atom is -0.378 e. The molecule has 3 aromatic rings. The first-order valence-electron chi connectivity index (χ1n) is 13.0. The summed E-state index contributed by atoms with van der Waals surface area (Å²) in [5.74, 6) is -1.55. The fourth-order valence-electron chi connectivity index (χ4n) is 5.43. The normalized spacial score (nSPS) is 18.6. The number of likely N-dealkylation sites (N-methyl/N-ethyl adjacent to an activating group) is 1. The lowest BCUT2D eigenvalue weighted by atomic mass is 9.76. The second-order valence-corrected chi connectivity index (χ2v) is 11.1. The monoisotopic (exact) mass is 599 g/mol. The van der Waals surface area contributed by atoms with Crippen molar-refractivity contribution in [1.82, 2.24) is 9.80 Å². The Balaban J connectivity index is 1.29. The molecule has 1 saturated heterocycles. The Hall–Kier alpha value is -3.10. The van der Waals surface area contributed by atoms with Gasteiger partial charge in [0.1, 0.15) is 0 Å². The number of nitrogens with one attached hydrogen (secondary N) is 1. The minimum absolute atomic E-state index is 0.0976. The first kappa shape index (κ1) is 28.4. The van der Waals surface area contributed by atoms with Crippen LogP contribution in [-0.2, 0) is 14.3 Å². The number of carbonyl (C=O) groups excluding carboxylic acids is 3. The Bertz CT molecular complexity index is 1460. The van der Waals surface area contributed by atoms with Crippen molar-refractivity contribution in [2.45, 2.75) is 24.8 Å². The van der Waals surface area contributed by atoms with Crippen molar-refractivity contribution < 1.29 is 19.1 Å². The van der Waals surface area contributed by atoms with Crippen LogP contribution < -0.4 is 5.32 Å². The molecule has 1 aliphatic heterocycles. The van der Waals surface area contributed by atoms with Gasteiger partial charge in [-0.05, 0) is 59.9 Å². The lowest BCUT2D eigenvalue weighted by Crippen LogP contribution is -2.41. The molecule has 5 rings (SSSR count). The molecule has 0 spiro atoms. The highest BCUT2D eigenvalue weighted by Gasteiger charge is 2.34. The zero-order valence-electron chi connectivity index (χ0n) is 21.8. The van der Waals surface area contributed by atoms with E-state index in [-0.39, 0.29) is 22.9 Å². The first-order chi connectivity index (χ1) is 19.2. The van der Waals surface area contributed by atoms with Crippen molar-refractivity contribution in [2.75, 3.05) is 38.7 Å². The van der Waals surface area contributed by atoms with Crippen LogP contribution in [-0.4, -0.2) is 60.9 Å². The fourth-order valence-corrected chi connectivity index (χ4v) is 6.00. The minimum atomic E-state index is -0.782. The van der Waals surface area contributed by atoms with Crippen molar-refractivity contribution in [3.63, 3.8) is 0 Å². The van der Waals surface area contributed by atoms with Crippen molar-refractivity contribution in [1.29, 1.82) is 0 Å². The van der Waals surface area contributed by atoms with Gasteiger partial charge >= 0.3 is 11.8 Å². The molecule has 208 valence electrons. The van der Waals surface area contributed by atoms with Gasteiger partial charge < -0.3 is 19.9 Å². The number of amides is 3. The van der Waals surface area contributed by atoms with Crippen LogP contribution in [0, 0.1) is 0 Å². The maximum absolute atomic E-state index is 13.2. The van der Waals surface area contributed by atoms with Gasteiger partial charge in [-0.15, -0.1) is 0 Å². The van der Waals surface area contributed by atoms with Gasteiger partial charge in [0.15, 0.2) is 0 Å². The smallest absolute Gasteiger partial charge is 0.313 e. The van der Waals surface area contributed by atoms with Gasteiger partial charge in [-0.2, -0.15) is 0 Å². The molecule has 2 atom stereocenters. The summed E-state index contributed by atoms with van der Waals surface area (Å²) < 4.78 is 5.30. The molecule has 0 unspecified atom stereocenters. The van der Waals surface area contributed by atoms with Gasteiger partial charge in [-0.1, -0.05) is 65.1 Å². The highest BCUT2D eigenvalue weighted by Crippen LogP contribution is 2.44. The Kier molecular flexibility index (Phi) is 8.66. The molecule has 2 aliphatic rings. The molecule has 1 fully saturated rings. The number of hydrogen-bond acceptors (Lipinski definition) is 4. The fraction of sp³-hybridized carbons (Fsp3) is 0.300. The van der Waals surface area contributed by atoms with Gasteiger partial charge in [-0.25, -0.2) is 0 Å². The van der Waals surface area contributed by atoms with Crippen molar-refractivity contribution in [3.05, 3.63) is 98.0 Å². The third-order valence-electron chi connectivity index (χ3n) is 7.54. The molecular weight excluding hydrogens is 573 g/mol. The van der Waals surface area contributed by atoms with Crippen LogP contribution in [0.1, 0.15) is 51.8 Å². The summed E-state index contributed by atoms with van der Waals surface area (Å²) in [4.78, 5) is 42.2. The van der Waals surface area contributed by atoms with Crippen LogP contribution in [0.15, 0.2) is 60.7 Å². The third-order valence-corrected chi connectivity index (χ3v) is 8.59. The number of nitrogens with zero attached hydrogens (tertiary/aromatic N) is 2. The Morgan fingerprint density at radius 2 is 1.60 bits per heavy atom. The van der Waals surface area contributed by atoms with E-state index in [4.69, 9.17) is 39.5 Å². The quantitative estimate of drug-likeness (QED) is 0.363. The van der Waals surface area contributed by atoms with Crippen LogP contribution in [0.2, 0.25) is 15.1 Å². The van der Waals surface area contributed by atoms with E-state index >= 15 is 0 Å². The molecule has 0 bridgehead atoms. The number of halogens is 3. The molecule has 3 aromatic carbocycles. The molecule has 1 N–H and O–H groups in total. The average Bonchev–Trinajstić information content (AvgIpc) is 2.97. The number of morpholine rings is 1. The zero-order valence-corrected chi connectivity index (χ0v) is 24.1.